The van der Waals surface area contributed by atoms with Crippen molar-refractivity contribution in [3.05, 3.63) is 72.1 Å². The molecule has 3 aromatic rings. The fourth-order valence-corrected chi connectivity index (χ4v) is 3.10. The third-order valence-electron chi connectivity index (χ3n) is 4.46. The highest BCUT2D eigenvalue weighted by Crippen LogP contribution is 2.28. The molecule has 1 amide bonds. The van der Waals surface area contributed by atoms with E-state index in [1.54, 1.807) is 0 Å². The van der Waals surface area contributed by atoms with Crippen molar-refractivity contribution in [2.24, 2.45) is 0 Å². The van der Waals surface area contributed by atoms with Gasteiger partial charge in [-0.25, -0.2) is 0 Å². The molecule has 0 atom stereocenters. The zero-order valence-corrected chi connectivity index (χ0v) is 16.7. The van der Waals surface area contributed by atoms with E-state index in [4.69, 9.17) is 0 Å². The van der Waals surface area contributed by atoms with Crippen molar-refractivity contribution in [1.82, 2.24) is 9.78 Å². The van der Waals surface area contributed by atoms with Gasteiger partial charge in [0.2, 0.25) is 0 Å². The summed E-state index contributed by atoms with van der Waals surface area (Å²) in [5, 5.41) is 7.65. The van der Waals surface area contributed by atoms with Crippen molar-refractivity contribution < 1.29 is 4.79 Å². The first-order valence-corrected chi connectivity index (χ1v) is 9.33. The molecule has 2 aromatic carbocycles. The van der Waals surface area contributed by atoms with Gasteiger partial charge in [-0.15, -0.1) is 0 Å². The Morgan fingerprint density at radius 3 is 2.22 bits per heavy atom. The number of amides is 1. The van der Waals surface area contributed by atoms with Gasteiger partial charge in [-0.3, -0.25) is 9.48 Å². The SMILES string of the molecule is CC(C)c1cc(C(=O)Nc2ccccc2-c2ccccc2)nn1C(C)(C)C. The standard InChI is InChI=1S/C23H27N3O/c1-16(2)21-15-20(25-26(21)23(3,4)5)22(27)24-19-14-10-9-13-18(19)17-11-7-6-8-12-17/h6-16H,1-5H3,(H,24,27). The van der Waals surface area contributed by atoms with Crippen molar-refractivity contribution >= 4 is 11.6 Å². The summed E-state index contributed by atoms with van der Waals surface area (Å²) in [6.45, 7) is 10.5. The second kappa shape index (κ2) is 7.39. The van der Waals surface area contributed by atoms with Crippen molar-refractivity contribution in [2.75, 3.05) is 5.32 Å². The Kier molecular flexibility index (Phi) is 5.17. The van der Waals surface area contributed by atoms with E-state index in [2.05, 4.69) is 45.0 Å². The maximum atomic E-state index is 12.9. The summed E-state index contributed by atoms with van der Waals surface area (Å²) in [4.78, 5) is 12.9. The van der Waals surface area contributed by atoms with Crippen LogP contribution in [0.3, 0.4) is 0 Å². The third-order valence-corrected chi connectivity index (χ3v) is 4.46. The Labute approximate surface area is 161 Å². The molecule has 4 nitrogen and oxygen atoms in total. The molecule has 0 aliphatic rings. The minimum Gasteiger partial charge on any atom is -0.320 e. The molecular formula is C23H27N3O. The summed E-state index contributed by atoms with van der Waals surface area (Å²) < 4.78 is 1.95. The van der Waals surface area contributed by atoms with Crippen LogP contribution in [0.15, 0.2) is 60.7 Å². The van der Waals surface area contributed by atoms with Crippen LogP contribution in [0.25, 0.3) is 11.1 Å². The summed E-state index contributed by atoms with van der Waals surface area (Å²) in [5.41, 5.74) is 4.16. The molecule has 0 radical (unpaired) electrons. The Morgan fingerprint density at radius 2 is 1.63 bits per heavy atom. The minimum absolute atomic E-state index is 0.180. The summed E-state index contributed by atoms with van der Waals surface area (Å²) in [6, 6.07) is 19.8. The molecule has 4 heteroatoms. The largest absolute Gasteiger partial charge is 0.320 e. The second-order valence-electron chi connectivity index (χ2n) is 8.06. The maximum absolute atomic E-state index is 12.9. The van der Waals surface area contributed by atoms with Crippen LogP contribution >= 0.6 is 0 Å². The van der Waals surface area contributed by atoms with Crippen molar-refractivity contribution in [2.45, 2.75) is 46.1 Å². The predicted molar refractivity (Wildman–Crippen MR) is 111 cm³/mol. The summed E-state index contributed by atoms with van der Waals surface area (Å²) in [7, 11) is 0. The van der Waals surface area contributed by atoms with Gasteiger partial charge in [0.1, 0.15) is 0 Å². The first-order chi connectivity index (χ1) is 12.8. The van der Waals surface area contributed by atoms with Crippen LogP contribution in [0.1, 0.15) is 56.7 Å². The van der Waals surface area contributed by atoms with Crippen molar-refractivity contribution in [3.8, 4) is 11.1 Å². The lowest BCUT2D eigenvalue weighted by molar-refractivity contribution is 0.102. The maximum Gasteiger partial charge on any atom is 0.276 e. The molecule has 0 unspecified atom stereocenters. The number of carbonyl (C=O) groups excluding carboxylic acids is 1. The van der Waals surface area contributed by atoms with Gasteiger partial charge in [-0.2, -0.15) is 5.10 Å². The number of hydrogen-bond donors (Lipinski definition) is 1. The molecule has 0 fully saturated rings. The van der Waals surface area contributed by atoms with Gasteiger partial charge in [0, 0.05) is 16.9 Å². The molecule has 0 saturated carbocycles. The lowest BCUT2D eigenvalue weighted by Gasteiger charge is -2.23. The highest BCUT2D eigenvalue weighted by molar-refractivity contribution is 6.05. The van der Waals surface area contributed by atoms with E-state index in [1.807, 2.05) is 65.3 Å². The topological polar surface area (TPSA) is 46.9 Å². The second-order valence-corrected chi connectivity index (χ2v) is 8.06. The zero-order valence-electron chi connectivity index (χ0n) is 16.7. The number of rotatable bonds is 4. The number of benzene rings is 2. The number of carbonyl (C=O) groups is 1. The average molecular weight is 361 g/mol. The highest BCUT2D eigenvalue weighted by atomic mass is 16.2. The van der Waals surface area contributed by atoms with Gasteiger partial charge in [0.25, 0.3) is 5.91 Å². The smallest absolute Gasteiger partial charge is 0.276 e. The Morgan fingerprint density at radius 1 is 1.00 bits per heavy atom. The van der Waals surface area contributed by atoms with Crippen LogP contribution in [0.4, 0.5) is 5.69 Å². The molecule has 1 aromatic heterocycles. The number of aromatic nitrogens is 2. The average Bonchev–Trinajstić information content (AvgIpc) is 3.09. The molecule has 0 aliphatic carbocycles. The number of nitrogens with zero attached hydrogens (tertiary/aromatic N) is 2. The minimum atomic E-state index is -0.191. The molecular weight excluding hydrogens is 334 g/mol. The predicted octanol–water partition coefficient (Wildman–Crippen LogP) is 5.68. The number of nitrogens with one attached hydrogen (secondary N) is 1. The molecule has 27 heavy (non-hydrogen) atoms. The van der Waals surface area contributed by atoms with Crippen LogP contribution in [-0.2, 0) is 5.54 Å². The van der Waals surface area contributed by atoms with E-state index in [9.17, 15) is 4.79 Å². The lowest BCUT2D eigenvalue weighted by atomic mass is 10.0. The molecule has 0 aliphatic heterocycles. The molecule has 3 rings (SSSR count). The first-order valence-electron chi connectivity index (χ1n) is 9.33. The molecule has 140 valence electrons. The van der Waals surface area contributed by atoms with E-state index in [1.165, 1.54) is 0 Å². The molecule has 1 heterocycles. The highest BCUT2D eigenvalue weighted by Gasteiger charge is 2.24. The van der Waals surface area contributed by atoms with Gasteiger partial charge < -0.3 is 5.32 Å². The summed E-state index contributed by atoms with van der Waals surface area (Å²) in [6.07, 6.45) is 0. The number of hydrogen-bond acceptors (Lipinski definition) is 2. The first kappa shape index (κ1) is 18.9. The van der Waals surface area contributed by atoms with Gasteiger partial charge in [-0.1, -0.05) is 62.4 Å². The normalized spacial score (nSPS) is 11.6. The molecule has 0 saturated heterocycles. The summed E-state index contributed by atoms with van der Waals surface area (Å²) in [5.74, 6) is 0.0955. The van der Waals surface area contributed by atoms with Gasteiger partial charge in [0.05, 0.1) is 5.54 Å². The van der Waals surface area contributed by atoms with Crippen molar-refractivity contribution in [1.29, 1.82) is 0 Å². The third kappa shape index (κ3) is 4.11. The van der Waals surface area contributed by atoms with Crippen LogP contribution in [0.5, 0.6) is 0 Å². The zero-order chi connectivity index (χ0) is 19.6. The van der Waals surface area contributed by atoms with E-state index in [0.29, 0.717) is 5.69 Å². The summed E-state index contributed by atoms with van der Waals surface area (Å²) >= 11 is 0. The van der Waals surface area contributed by atoms with Crippen LogP contribution in [0.2, 0.25) is 0 Å². The number of anilines is 1. The van der Waals surface area contributed by atoms with E-state index in [0.717, 1.165) is 22.5 Å². The monoisotopic (exact) mass is 361 g/mol. The van der Waals surface area contributed by atoms with E-state index >= 15 is 0 Å². The molecule has 1 N–H and O–H groups in total. The quantitative estimate of drug-likeness (QED) is 0.650. The fraction of sp³-hybridized carbons (Fsp3) is 0.304. The number of para-hydroxylation sites is 1. The Balaban J connectivity index is 1.94. The van der Waals surface area contributed by atoms with Gasteiger partial charge in [-0.05, 0) is 44.4 Å². The van der Waals surface area contributed by atoms with Crippen LogP contribution in [0, 0.1) is 0 Å². The van der Waals surface area contributed by atoms with E-state index in [-0.39, 0.29) is 17.4 Å². The Bertz CT molecular complexity index is 934. The van der Waals surface area contributed by atoms with Crippen LogP contribution in [-0.4, -0.2) is 15.7 Å². The van der Waals surface area contributed by atoms with Crippen molar-refractivity contribution in [3.63, 3.8) is 0 Å². The fourth-order valence-electron chi connectivity index (χ4n) is 3.10. The molecule has 0 bridgehead atoms. The van der Waals surface area contributed by atoms with Gasteiger partial charge in [0.15, 0.2) is 5.69 Å². The Hall–Kier alpha value is -2.88. The van der Waals surface area contributed by atoms with Crippen LogP contribution < -0.4 is 5.32 Å². The van der Waals surface area contributed by atoms with Gasteiger partial charge >= 0.3 is 0 Å². The molecule has 0 spiro atoms. The van der Waals surface area contributed by atoms with E-state index < -0.39 is 0 Å². The lowest BCUT2D eigenvalue weighted by Crippen LogP contribution is -2.26.